The summed E-state index contributed by atoms with van der Waals surface area (Å²) < 4.78 is 0. The van der Waals surface area contributed by atoms with Crippen LogP contribution in [0.15, 0.2) is 0 Å². The summed E-state index contributed by atoms with van der Waals surface area (Å²) in [7, 11) is 0. The summed E-state index contributed by atoms with van der Waals surface area (Å²) in [5.41, 5.74) is -1.00. The molecule has 66 valence electrons. The summed E-state index contributed by atoms with van der Waals surface area (Å²) in [5, 5.41) is 17.0. The lowest BCUT2D eigenvalue weighted by atomic mass is 10.2. The fourth-order valence-electron chi connectivity index (χ4n) is 0. The smallest absolute Gasteiger partial charge is 0.0563 e. The average Bonchev–Trinajstić information content (AvgIpc) is 1.12. The molecule has 0 rings (SSSR count). The summed E-state index contributed by atoms with van der Waals surface area (Å²) >= 11 is 0. The van der Waals surface area contributed by atoms with Crippen molar-refractivity contribution in [1.29, 1.82) is 0 Å². The summed E-state index contributed by atoms with van der Waals surface area (Å²) in [5.74, 6) is 0. The average molecular weight is 173 g/mol. The minimum Gasteiger partial charge on any atom is -0.391 e. The van der Waals surface area contributed by atoms with Crippen molar-refractivity contribution in [2.45, 2.75) is 52.7 Å². The van der Waals surface area contributed by atoms with Crippen molar-refractivity contribution < 1.29 is 10.2 Å². The predicted molar refractivity (Wildman–Crippen MR) is 49.7 cm³/mol. The molecule has 0 aliphatic rings. The Bertz CT molecular complexity index is 55.1. The van der Waals surface area contributed by atoms with Gasteiger partial charge in [-0.25, -0.2) is 0 Å². The van der Waals surface area contributed by atoms with Gasteiger partial charge in [0.2, 0.25) is 0 Å². The van der Waals surface area contributed by atoms with Crippen LogP contribution in [0.3, 0.4) is 0 Å². The highest BCUT2D eigenvalue weighted by atomic mass is 24.3. The molecule has 0 aromatic heterocycles. The molecule has 2 N–H and O–H groups in total. The molecule has 0 heterocycles. The Balaban J connectivity index is -0.000000107. The van der Waals surface area contributed by atoms with Crippen LogP contribution in [0.5, 0.6) is 0 Å². The summed E-state index contributed by atoms with van der Waals surface area (Å²) in [6.07, 6.45) is 0. The molecule has 0 aromatic rings. The van der Waals surface area contributed by atoms with Gasteiger partial charge in [0.25, 0.3) is 0 Å². The molecule has 0 spiro atoms. The molecule has 0 saturated heterocycles. The Kier molecular flexibility index (Phi) is 10.0. The third-order valence-corrected chi connectivity index (χ3v) is 0. The molecule has 0 amide bonds. The zero-order chi connectivity index (χ0) is 9.00. The van der Waals surface area contributed by atoms with Gasteiger partial charge < -0.3 is 10.2 Å². The minimum atomic E-state index is -0.500. The Labute approximate surface area is 86.2 Å². The second-order valence-electron chi connectivity index (χ2n) is 4.34. The zero-order valence-electron chi connectivity index (χ0n) is 8.60. The van der Waals surface area contributed by atoms with Crippen LogP contribution in [0.1, 0.15) is 41.5 Å². The zero-order valence-corrected chi connectivity index (χ0v) is 10.0. The summed E-state index contributed by atoms with van der Waals surface area (Å²) in [4.78, 5) is 0. The second-order valence-corrected chi connectivity index (χ2v) is 4.34. The molecule has 0 unspecified atom stereocenters. The van der Waals surface area contributed by atoms with E-state index in [9.17, 15) is 0 Å². The van der Waals surface area contributed by atoms with Gasteiger partial charge in [0.1, 0.15) is 0 Å². The molecule has 0 bridgehead atoms. The molecule has 0 aliphatic heterocycles. The largest absolute Gasteiger partial charge is 0.391 e. The third-order valence-electron chi connectivity index (χ3n) is 0. The molecule has 11 heavy (non-hydrogen) atoms. The van der Waals surface area contributed by atoms with E-state index >= 15 is 0 Å². The first kappa shape index (κ1) is 17.7. The molecule has 2 nitrogen and oxygen atoms in total. The van der Waals surface area contributed by atoms with Crippen LogP contribution in [0.2, 0.25) is 0 Å². The van der Waals surface area contributed by atoms with E-state index in [-0.39, 0.29) is 23.1 Å². The standard InChI is InChI=1S/2C4H10O.Mg/c2*1-4(2,3)5;/h2*5H,1-3H3;. The highest BCUT2D eigenvalue weighted by Crippen LogP contribution is 1.93. The number of hydrogen-bond acceptors (Lipinski definition) is 2. The van der Waals surface area contributed by atoms with E-state index in [1.807, 2.05) is 0 Å². The minimum absolute atomic E-state index is 0. The van der Waals surface area contributed by atoms with Crippen LogP contribution >= 0.6 is 0 Å². The van der Waals surface area contributed by atoms with Gasteiger partial charge in [-0.1, -0.05) is 0 Å². The maximum atomic E-state index is 8.52. The van der Waals surface area contributed by atoms with Gasteiger partial charge in [-0.2, -0.15) is 0 Å². The van der Waals surface area contributed by atoms with E-state index < -0.39 is 11.2 Å². The Morgan fingerprint density at radius 1 is 0.636 bits per heavy atom. The van der Waals surface area contributed by atoms with Gasteiger partial charge in [-0.3, -0.25) is 0 Å². The van der Waals surface area contributed by atoms with E-state index in [4.69, 9.17) is 10.2 Å². The first-order valence-electron chi connectivity index (χ1n) is 3.45. The van der Waals surface area contributed by atoms with Crippen LogP contribution in [-0.2, 0) is 0 Å². The summed E-state index contributed by atoms with van der Waals surface area (Å²) in [6.45, 7) is 10.5. The first-order valence-corrected chi connectivity index (χ1v) is 3.45. The normalized spacial score (nSPS) is 10.9. The van der Waals surface area contributed by atoms with E-state index in [2.05, 4.69) is 0 Å². The maximum absolute atomic E-state index is 8.52. The lowest BCUT2D eigenvalue weighted by Gasteiger charge is -2.04. The van der Waals surface area contributed by atoms with Crippen molar-refractivity contribution in [3.05, 3.63) is 0 Å². The van der Waals surface area contributed by atoms with Crippen LogP contribution < -0.4 is 0 Å². The van der Waals surface area contributed by atoms with E-state index in [1.165, 1.54) is 0 Å². The van der Waals surface area contributed by atoms with Crippen molar-refractivity contribution in [1.82, 2.24) is 0 Å². The molecular formula is C8H20MgO2. The SMILES string of the molecule is CC(C)(C)O.CC(C)(C)O.[Mg]. The van der Waals surface area contributed by atoms with Crippen molar-refractivity contribution in [2.75, 3.05) is 0 Å². The van der Waals surface area contributed by atoms with Crippen LogP contribution in [-0.4, -0.2) is 44.5 Å². The van der Waals surface area contributed by atoms with Crippen LogP contribution in [0, 0.1) is 0 Å². The summed E-state index contributed by atoms with van der Waals surface area (Å²) in [6, 6.07) is 0. The van der Waals surface area contributed by atoms with Crippen molar-refractivity contribution in [3.8, 4) is 0 Å². The van der Waals surface area contributed by atoms with Gasteiger partial charge in [-0.15, -0.1) is 0 Å². The molecule has 0 atom stereocenters. The van der Waals surface area contributed by atoms with E-state index in [0.717, 1.165) is 0 Å². The molecule has 0 aliphatic carbocycles. The number of hydrogen-bond donors (Lipinski definition) is 2. The van der Waals surface area contributed by atoms with Gasteiger partial charge in [0.15, 0.2) is 0 Å². The Hall–Kier alpha value is 0.686. The number of aliphatic hydroxyl groups is 2. The molecule has 3 heteroatoms. The molecule has 0 saturated carbocycles. The van der Waals surface area contributed by atoms with Crippen molar-refractivity contribution >= 4 is 23.1 Å². The molecular weight excluding hydrogens is 152 g/mol. The first-order chi connectivity index (χ1) is 4.00. The van der Waals surface area contributed by atoms with Gasteiger partial charge in [0.05, 0.1) is 11.2 Å². The fraction of sp³-hybridized carbons (Fsp3) is 1.00. The highest BCUT2D eigenvalue weighted by Gasteiger charge is 1.98. The second kappa shape index (κ2) is 6.23. The molecule has 0 aromatic carbocycles. The van der Waals surface area contributed by atoms with Crippen LogP contribution in [0.25, 0.3) is 0 Å². The Morgan fingerprint density at radius 3 is 0.636 bits per heavy atom. The number of rotatable bonds is 0. The molecule has 0 fully saturated rings. The topological polar surface area (TPSA) is 40.5 Å². The molecule has 2 radical (unpaired) electrons. The van der Waals surface area contributed by atoms with Gasteiger partial charge in [-0.05, 0) is 41.5 Å². The Morgan fingerprint density at radius 2 is 0.636 bits per heavy atom. The van der Waals surface area contributed by atoms with Crippen molar-refractivity contribution in [3.63, 3.8) is 0 Å². The third kappa shape index (κ3) is 1710. The quantitative estimate of drug-likeness (QED) is 0.539. The van der Waals surface area contributed by atoms with Crippen molar-refractivity contribution in [2.24, 2.45) is 0 Å². The van der Waals surface area contributed by atoms with Gasteiger partial charge >= 0.3 is 0 Å². The fourth-order valence-corrected chi connectivity index (χ4v) is 0. The lowest BCUT2D eigenvalue weighted by Crippen LogP contribution is -2.10. The predicted octanol–water partition coefficient (Wildman–Crippen LogP) is 1.17. The van der Waals surface area contributed by atoms with E-state index in [0.29, 0.717) is 0 Å². The highest BCUT2D eigenvalue weighted by molar-refractivity contribution is 5.75. The van der Waals surface area contributed by atoms with E-state index in [1.54, 1.807) is 41.5 Å². The van der Waals surface area contributed by atoms with Gasteiger partial charge in [0, 0.05) is 23.1 Å². The maximum Gasteiger partial charge on any atom is 0.0563 e. The van der Waals surface area contributed by atoms with Crippen LogP contribution in [0.4, 0.5) is 0 Å². The monoisotopic (exact) mass is 172 g/mol. The lowest BCUT2D eigenvalue weighted by molar-refractivity contribution is 0.101.